The van der Waals surface area contributed by atoms with E-state index >= 15 is 0 Å². The maximum atomic E-state index is 13.4. The number of fused-ring (bicyclic) bond motifs is 2. The van der Waals surface area contributed by atoms with Crippen molar-refractivity contribution in [1.29, 1.82) is 0 Å². The van der Waals surface area contributed by atoms with Crippen LogP contribution in [-0.4, -0.2) is 51.9 Å². The largest absolute Gasteiger partial charge is 0.348 e. The number of halogens is 2. The Labute approximate surface area is 157 Å². The number of nitrogens with one attached hydrogen (secondary N) is 1. The summed E-state index contributed by atoms with van der Waals surface area (Å²) >= 11 is 5.83. The third-order valence-electron chi connectivity index (χ3n) is 5.82. The van der Waals surface area contributed by atoms with E-state index in [2.05, 4.69) is 21.8 Å². The van der Waals surface area contributed by atoms with E-state index in [1.165, 1.54) is 23.9 Å². The molecule has 0 saturated carbocycles. The molecule has 0 unspecified atom stereocenters. The second-order valence-corrected chi connectivity index (χ2v) is 7.42. The molecule has 0 bridgehead atoms. The molecule has 1 aromatic heterocycles. The predicted octanol–water partition coefficient (Wildman–Crippen LogP) is 3.21. The van der Waals surface area contributed by atoms with Crippen molar-refractivity contribution in [2.45, 2.75) is 31.7 Å². The topological polar surface area (TPSA) is 52.2 Å². The smallest absolute Gasteiger partial charge is 0.253 e. The second-order valence-electron chi connectivity index (χ2n) is 7.01. The molecule has 0 radical (unpaired) electrons. The van der Waals surface area contributed by atoms with Gasteiger partial charge in [-0.1, -0.05) is 18.5 Å². The van der Waals surface area contributed by atoms with Gasteiger partial charge in [-0.05, 0) is 37.6 Å². The summed E-state index contributed by atoms with van der Waals surface area (Å²) in [6.07, 6.45) is 4.46. The first-order valence-corrected chi connectivity index (χ1v) is 9.45. The Hall–Kier alpha value is -1.92. The molecule has 2 aliphatic rings. The van der Waals surface area contributed by atoms with Crippen molar-refractivity contribution in [2.24, 2.45) is 0 Å². The molecule has 4 rings (SSSR count). The number of carbonyl (C=O) groups is 1. The maximum Gasteiger partial charge on any atom is 0.253 e. The van der Waals surface area contributed by atoms with Gasteiger partial charge < -0.3 is 9.88 Å². The van der Waals surface area contributed by atoms with E-state index in [-0.39, 0.29) is 16.5 Å². The van der Waals surface area contributed by atoms with Crippen molar-refractivity contribution in [2.75, 3.05) is 26.2 Å². The highest BCUT2D eigenvalue weighted by Gasteiger charge is 2.46. The molecule has 5 nitrogen and oxygen atoms in total. The molecule has 1 saturated heterocycles. The van der Waals surface area contributed by atoms with Crippen LogP contribution in [-0.2, 0) is 12.0 Å². The molecule has 1 aromatic carbocycles. The SMILES string of the molecule is CCN1CCc2[nH]cnc2C12CCN(C(=O)c1ccc(F)c(Cl)c1)CC2. The summed E-state index contributed by atoms with van der Waals surface area (Å²) in [4.78, 5) is 25.0. The summed E-state index contributed by atoms with van der Waals surface area (Å²) in [5.74, 6) is -0.601. The fourth-order valence-corrected chi connectivity index (χ4v) is 4.61. The number of hydrogen-bond acceptors (Lipinski definition) is 3. The van der Waals surface area contributed by atoms with E-state index in [0.717, 1.165) is 38.0 Å². The minimum absolute atomic E-state index is 0.0186. The van der Waals surface area contributed by atoms with Gasteiger partial charge in [0.15, 0.2) is 0 Å². The molecule has 2 aromatic rings. The summed E-state index contributed by atoms with van der Waals surface area (Å²) in [5.41, 5.74) is 2.70. The average molecular weight is 377 g/mol. The third-order valence-corrected chi connectivity index (χ3v) is 6.11. The van der Waals surface area contributed by atoms with Crippen LogP contribution in [0.1, 0.15) is 41.5 Å². The average Bonchev–Trinajstić information content (AvgIpc) is 3.14. The zero-order chi connectivity index (χ0) is 18.3. The Balaban J connectivity index is 1.55. The second kappa shape index (κ2) is 6.67. The first-order chi connectivity index (χ1) is 12.5. The van der Waals surface area contributed by atoms with Crippen molar-refractivity contribution in [3.63, 3.8) is 0 Å². The zero-order valence-corrected chi connectivity index (χ0v) is 15.5. The Kier molecular flexibility index (Phi) is 4.49. The van der Waals surface area contributed by atoms with Crippen LogP contribution in [0.2, 0.25) is 5.02 Å². The molecular weight excluding hydrogens is 355 g/mol. The van der Waals surface area contributed by atoms with Gasteiger partial charge in [-0.15, -0.1) is 0 Å². The number of likely N-dealkylation sites (tertiary alicyclic amines) is 1. The van der Waals surface area contributed by atoms with E-state index in [0.29, 0.717) is 18.7 Å². The van der Waals surface area contributed by atoms with Crippen molar-refractivity contribution in [1.82, 2.24) is 19.8 Å². The monoisotopic (exact) mass is 376 g/mol. The quantitative estimate of drug-likeness (QED) is 0.875. The minimum Gasteiger partial charge on any atom is -0.348 e. The minimum atomic E-state index is -0.507. The van der Waals surface area contributed by atoms with Crippen molar-refractivity contribution in [3.05, 3.63) is 52.3 Å². The Morgan fingerprint density at radius 3 is 2.81 bits per heavy atom. The molecule has 1 N–H and O–H groups in total. The van der Waals surface area contributed by atoms with Crippen LogP contribution in [0.5, 0.6) is 0 Å². The van der Waals surface area contributed by atoms with Crippen molar-refractivity contribution >= 4 is 17.5 Å². The van der Waals surface area contributed by atoms with Gasteiger partial charge in [-0.2, -0.15) is 0 Å². The van der Waals surface area contributed by atoms with Gasteiger partial charge in [-0.3, -0.25) is 9.69 Å². The van der Waals surface area contributed by atoms with E-state index in [9.17, 15) is 9.18 Å². The van der Waals surface area contributed by atoms with E-state index in [1.807, 2.05) is 4.90 Å². The molecule has 0 aliphatic carbocycles. The summed E-state index contributed by atoms with van der Waals surface area (Å²) in [7, 11) is 0. The van der Waals surface area contributed by atoms with E-state index < -0.39 is 5.82 Å². The molecule has 26 heavy (non-hydrogen) atoms. The van der Waals surface area contributed by atoms with Gasteiger partial charge in [0.25, 0.3) is 5.91 Å². The van der Waals surface area contributed by atoms with Crippen LogP contribution in [0, 0.1) is 5.82 Å². The standard InChI is InChI=1S/C19H22ClFN4O/c1-2-25-8-5-16-17(23-12-22-16)19(25)6-9-24(10-7-19)18(26)13-3-4-15(21)14(20)11-13/h3-4,11-12H,2,5-10H2,1H3,(H,22,23). The molecule has 138 valence electrons. The number of imidazole rings is 1. The summed E-state index contributed by atoms with van der Waals surface area (Å²) < 4.78 is 13.4. The Bertz CT molecular complexity index is 829. The number of benzene rings is 1. The highest BCUT2D eigenvalue weighted by molar-refractivity contribution is 6.31. The zero-order valence-electron chi connectivity index (χ0n) is 14.8. The third kappa shape index (κ3) is 2.72. The first kappa shape index (κ1) is 17.5. The van der Waals surface area contributed by atoms with Gasteiger partial charge in [0.2, 0.25) is 0 Å². The number of piperidine rings is 1. The van der Waals surface area contributed by atoms with Crippen LogP contribution in [0.4, 0.5) is 4.39 Å². The summed E-state index contributed by atoms with van der Waals surface area (Å²) in [6, 6.07) is 4.16. The lowest BCUT2D eigenvalue weighted by Crippen LogP contribution is -2.57. The first-order valence-electron chi connectivity index (χ1n) is 9.07. The number of hydrogen-bond donors (Lipinski definition) is 1. The van der Waals surface area contributed by atoms with Crippen LogP contribution in [0.3, 0.4) is 0 Å². The summed E-state index contributed by atoms with van der Waals surface area (Å²) in [5, 5.41) is -0.0186. The fraction of sp³-hybridized carbons (Fsp3) is 0.474. The lowest BCUT2D eigenvalue weighted by Gasteiger charge is -2.50. The lowest BCUT2D eigenvalue weighted by molar-refractivity contribution is 0.0103. The molecule has 2 aliphatic heterocycles. The number of rotatable bonds is 2. The van der Waals surface area contributed by atoms with Gasteiger partial charge in [0, 0.05) is 37.3 Å². The number of amides is 1. The van der Waals surface area contributed by atoms with Crippen LogP contribution in [0.25, 0.3) is 0 Å². The maximum absolute atomic E-state index is 13.4. The number of carbonyl (C=O) groups excluding carboxylic acids is 1. The highest BCUT2D eigenvalue weighted by Crippen LogP contribution is 2.42. The van der Waals surface area contributed by atoms with Crippen molar-refractivity contribution in [3.8, 4) is 0 Å². The van der Waals surface area contributed by atoms with Gasteiger partial charge in [0.1, 0.15) is 5.82 Å². The summed E-state index contributed by atoms with van der Waals surface area (Å²) in [6.45, 7) is 5.45. The molecule has 7 heteroatoms. The molecule has 1 amide bonds. The highest BCUT2D eigenvalue weighted by atomic mass is 35.5. The van der Waals surface area contributed by atoms with E-state index in [1.54, 1.807) is 6.33 Å². The molecule has 0 atom stereocenters. The van der Waals surface area contributed by atoms with Gasteiger partial charge in [-0.25, -0.2) is 9.37 Å². The number of aromatic amines is 1. The molecule has 3 heterocycles. The normalized spacial score (nSPS) is 19.6. The van der Waals surface area contributed by atoms with Crippen LogP contribution < -0.4 is 0 Å². The van der Waals surface area contributed by atoms with Gasteiger partial charge in [0.05, 0.1) is 22.6 Å². The predicted molar refractivity (Wildman–Crippen MR) is 97.8 cm³/mol. The van der Waals surface area contributed by atoms with Crippen LogP contribution in [0.15, 0.2) is 24.5 Å². The number of aromatic nitrogens is 2. The fourth-order valence-electron chi connectivity index (χ4n) is 4.43. The number of nitrogens with zero attached hydrogens (tertiary/aromatic N) is 3. The van der Waals surface area contributed by atoms with Crippen LogP contribution >= 0.6 is 11.6 Å². The lowest BCUT2D eigenvalue weighted by atomic mass is 9.78. The van der Waals surface area contributed by atoms with Crippen molar-refractivity contribution < 1.29 is 9.18 Å². The molecular formula is C19H22ClFN4O. The Morgan fingerprint density at radius 1 is 1.35 bits per heavy atom. The Morgan fingerprint density at radius 2 is 2.12 bits per heavy atom. The molecule has 1 fully saturated rings. The number of H-pyrrole nitrogens is 1. The van der Waals surface area contributed by atoms with E-state index in [4.69, 9.17) is 11.6 Å². The number of likely N-dealkylation sites (N-methyl/N-ethyl adjacent to an activating group) is 1. The van der Waals surface area contributed by atoms with Gasteiger partial charge >= 0.3 is 0 Å². The molecule has 1 spiro atoms.